The van der Waals surface area contributed by atoms with Gasteiger partial charge in [0.1, 0.15) is 5.76 Å². The van der Waals surface area contributed by atoms with Crippen LogP contribution in [0.15, 0.2) is 40.2 Å². The number of hydrogen-bond acceptors (Lipinski definition) is 2. The molecule has 3 heteroatoms. The quantitative estimate of drug-likeness (QED) is 0.537. The number of H-pyrrole nitrogens is 1. The molecule has 0 saturated heterocycles. The number of aromatic amines is 1. The van der Waals surface area contributed by atoms with Crippen LogP contribution >= 0.6 is 0 Å². The summed E-state index contributed by atoms with van der Waals surface area (Å²) in [4.78, 5) is 16.1. The van der Waals surface area contributed by atoms with E-state index in [1.165, 1.54) is 5.56 Å². The topological polar surface area (TPSA) is 53.1 Å². The predicted octanol–water partition coefficient (Wildman–Crippen LogP) is 5.66. The minimum atomic E-state index is -0.0847. The summed E-state index contributed by atoms with van der Waals surface area (Å²) in [6, 6.07) is 0. The van der Waals surface area contributed by atoms with Gasteiger partial charge in [0.25, 0.3) is 0 Å². The molecule has 3 nitrogen and oxygen atoms in total. The van der Waals surface area contributed by atoms with E-state index in [4.69, 9.17) is 0 Å². The Bertz CT molecular complexity index is 857. The molecule has 0 aromatic carbocycles. The van der Waals surface area contributed by atoms with E-state index in [0.717, 1.165) is 52.1 Å². The van der Waals surface area contributed by atoms with Crippen LogP contribution in [0, 0.1) is 13.8 Å². The Hall–Kier alpha value is -2.29. The summed E-state index contributed by atoms with van der Waals surface area (Å²) in [5.74, 6) is 0.0181. The van der Waals surface area contributed by atoms with Crippen molar-refractivity contribution in [3.05, 3.63) is 62.7 Å². The van der Waals surface area contributed by atoms with Gasteiger partial charge in [-0.25, -0.2) is 0 Å². The molecule has 1 aliphatic rings. The maximum atomic E-state index is 12.8. The molecule has 0 bridgehead atoms. The number of carbonyl (C=O) groups excluding carboxylic acids is 1. The Kier molecular flexibility index (Phi) is 5.26. The van der Waals surface area contributed by atoms with Crippen LogP contribution in [-0.2, 0) is 11.2 Å². The second-order valence-corrected chi connectivity index (χ2v) is 6.87. The predicted molar refractivity (Wildman–Crippen MR) is 105 cm³/mol. The number of aliphatic hydroxyl groups excluding tert-OH is 1. The number of carbonyl (C=O) groups is 1. The van der Waals surface area contributed by atoms with Gasteiger partial charge in [-0.2, -0.15) is 0 Å². The lowest BCUT2D eigenvalue weighted by Gasteiger charge is -2.25. The van der Waals surface area contributed by atoms with E-state index in [2.05, 4.69) is 25.4 Å². The summed E-state index contributed by atoms with van der Waals surface area (Å²) in [6.45, 7) is 18.1. The molecule has 1 aromatic heterocycles. The highest BCUT2D eigenvalue weighted by Crippen LogP contribution is 2.41. The van der Waals surface area contributed by atoms with Crippen molar-refractivity contribution in [1.29, 1.82) is 0 Å². The number of ketones is 1. The zero-order valence-corrected chi connectivity index (χ0v) is 16.5. The van der Waals surface area contributed by atoms with E-state index in [1.807, 2.05) is 34.6 Å². The molecule has 0 aliphatic heterocycles. The second kappa shape index (κ2) is 6.91. The van der Waals surface area contributed by atoms with Crippen LogP contribution in [0.3, 0.4) is 0 Å². The fourth-order valence-electron chi connectivity index (χ4n) is 3.85. The van der Waals surface area contributed by atoms with Gasteiger partial charge in [-0.15, -0.1) is 0 Å². The lowest BCUT2D eigenvalue weighted by molar-refractivity contribution is -0.111. The highest BCUT2D eigenvalue weighted by Gasteiger charge is 2.38. The zero-order chi connectivity index (χ0) is 19.0. The highest BCUT2D eigenvalue weighted by atomic mass is 16.3. The SMILES string of the molecule is C=C(C)/C(CC)=C(C)\C(C)=C1\C(=O)C(c2[nH]c(C)c(CC)c2C)=C1O. The molecule has 2 N–H and O–H groups in total. The lowest BCUT2D eigenvalue weighted by atomic mass is 9.79. The van der Waals surface area contributed by atoms with Crippen LogP contribution in [-0.4, -0.2) is 15.9 Å². The highest BCUT2D eigenvalue weighted by molar-refractivity contribution is 6.39. The smallest absolute Gasteiger partial charge is 0.202 e. The molecule has 2 rings (SSSR count). The van der Waals surface area contributed by atoms with E-state index >= 15 is 0 Å². The summed E-state index contributed by atoms with van der Waals surface area (Å²) in [7, 11) is 0. The van der Waals surface area contributed by atoms with Gasteiger partial charge in [-0.1, -0.05) is 26.0 Å². The van der Waals surface area contributed by atoms with Crippen LogP contribution in [0.5, 0.6) is 0 Å². The van der Waals surface area contributed by atoms with E-state index in [0.29, 0.717) is 11.1 Å². The van der Waals surface area contributed by atoms with Crippen LogP contribution in [0.2, 0.25) is 0 Å². The first-order valence-electron chi connectivity index (χ1n) is 8.90. The van der Waals surface area contributed by atoms with Crippen LogP contribution in [0.4, 0.5) is 0 Å². The summed E-state index contributed by atoms with van der Waals surface area (Å²) in [5.41, 5.74) is 8.92. The second-order valence-electron chi connectivity index (χ2n) is 6.87. The Morgan fingerprint density at radius 3 is 2.16 bits per heavy atom. The number of nitrogens with one attached hydrogen (secondary N) is 1. The van der Waals surface area contributed by atoms with Crippen molar-refractivity contribution in [2.24, 2.45) is 0 Å². The Balaban J connectivity index is 2.60. The van der Waals surface area contributed by atoms with Crippen molar-refractivity contribution in [3.8, 4) is 0 Å². The molecule has 1 heterocycles. The molecule has 1 aromatic rings. The largest absolute Gasteiger partial charge is 0.506 e. The Morgan fingerprint density at radius 2 is 1.76 bits per heavy atom. The van der Waals surface area contributed by atoms with Gasteiger partial charge in [-0.05, 0) is 75.3 Å². The fraction of sp³-hybridized carbons (Fsp3) is 0.409. The third-order valence-electron chi connectivity index (χ3n) is 5.38. The molecule has 0 spiro atoms. The number of aromatic nitrogens is 1. The van der Waals surface area contributed by atoms with Gasteiger partial charge >= 0.3 is 0 Å². The average Bonchev–Trinajstić information content (AvgIpc) is 2.81. The number of allylic oxidation sites excluding steroid dienone is 6. The molecular weight excluding hydrogens is 310 g/mol. The first-order valence-corrected chi connectivity index (χ1v) is 8.90. The van der Waals surface area contributed by atoms with Crippen molar-refractivity contribution < 1.29 is 9.90 Å². The van der Waals surface area contributed by atoms with Gasteiger partial charge in [0.2, 0.25) is 5.78 Å². The summed E-state index contributed by atoms with van der Waals surface area (Å²) < 4.78 is 0. The van der Waals surface area contributed by atoms with Crippen molar-refractivity contribution in [1.82, 2.24) is 4.98 Å². The van der Waals surface area contributed by atoms with E-state index < -0.39 is 0 Å². The molecule has 25 heavy (non-hydrogen) atoms. The van der Waals surface area contributed by atoms with E-state index in [-0.39, 0.29) is 11.5 Å². The van der Waals surface area contributed by atoms with Gasteiger partial charge in [0.05, 0.1) is 16.8 Å². The normalized spacial score (nSPS) is 17.5. The molecule has 0 amide bonds. The van der Waals surface area contributed by atoms with Crippen molar-refractivity contribution >= 4 is 11.4 Å². The van der Waals surface area contributed by atoms with Gasteiger partial charge < -0.3 is 10.1 Å². The van der Waals surface area contributed by atoms with Crippen molar-refractivity contribution in [2.75, 3.05) is 0 Å². The lowest BCUT2D eigenvalue weighted by Crippen LogP contribution is -2.23. The van der Waals surface area contributed by atoms with Gasteiger partial charge in [-0.3, -0.25) is 4.79 Å². The van der Waals surface area contributed by atoms with Gasteiger partial charge in [0, 0.05) is 5.69 Å². The molecule has 0 unspecified atom stereocenters. The van der Waals surface area contributed by atoms with Crippen LogP contribution in [0.1, 0.15) is 63.6 Å². The number of aliphatic hydroxyl groups is 1. The van der Waals surface area contributed by atoms with Crippen molar-refractivity contribution in [2.45, 2.75) is 61.3 Å². The molecule has 0 atom stereocenters. The maximum Gasteiger partial charge on any atom is 0.202 e. The van der Waals surface area contributed by atoms with Gasteiger partial charge in [0.15, 0.2) is 0 Å². The zero-order valence-electron chi connectivity index (χ0n) is 16.5. The third kappa shape index (κ3) is 2.92. The number of aryl methyl sites for hydroxylation is 1. The maximum absolute atomic E-state index is 12.8. The molecule has 0 radical (unpaired) electrons. The van der Waals surface area contributed by atoms with E-state index in [9.17, 15) is 9.90 Å². The molecule has 1 aliphatic carbocycles. The Morgan fingerprint density at radius 1 is 1.16 bits per heavy atom. The number of Topliss-reactive ketones (excluding diaryl/α,β-unsaturated/α-hetero) is 1. The Labute approximate surface area is 150 Å². The summed E-state index contributed by atoms with van der Waals surface area (Å²) in [5, 5.41) is 10.6. The third-order valence-corrected chi connectivity index (χ3v) is 5.38. The summed E-state index contributed by atoms with van der Waals surface area (Å²) >= 11 is 0. The fourth-order valence-corrected chi connectivity index (χ4v) is 3.85. The minimum absolute atomic E-state index is 0.0847. The molecule has 0 saturated carbocycles. The molecule has 0 fully saturated rings. The number of rotatable bonds is 5. The minimum Gasteiger partial charge on any atom is -0.506 e. The molecule has 134 valence electrons. The molecular formula is C22H29NO2. The average molecular weight is 339 g/mol. The first kappa shape index (κ1) is 19.0. The van der Waals surface area contributed by atoms with Crippen LogP contribution in [0.25, 0.3) is 5.57 Å². The monoisotopic (exact) mass is 339 g/mol. The number of hydrogen-bond donors (Lipinski definition) is 2. The van der Waals surface area contributed by atoms with E-state index in [1.54, 1.807) is 0 Å². The van der Waals surface area contributed by atoms with Crippen molar-refractivity contribution in [3.63, 3.8) is 0 Å². The standard InChI is InChI=1S/C22H29NO2/c1-9-16(11(3)4)12(5)13(6)18-21(24)19(22(18)25)20-14(7)17(10-2)15(8)23-20/h23-24H,3,9-10H2,1-2,4-8H3/b16-12-,18-13+. The first-order chi connectivity index (χ1) is 11.7. The van der Waals surface area contributed by atoms with Crippen LogP contribution < -0.4 is 0 Å². The summed E-state index contributed by atoms with van der Waals surface area (Å²) in [6.07, 6.45) is 1.75.